The van der Waals surface area contributed by atoms with Crippen LogP contribution in [0, 0.1) is 0 Å². The highest BCUT2D eigenvalue weighted by molar-refractivity contribution is 7.89. The van der Waals surface area contributed by atoms with Gasteiger partial charge in [-0.15, -0.1) is 0 Å². The van der Waals surface area contributed by atoms with E-state index in [1.165, 1.54) is 0 Å². The van der Waals surface area contributed by atoms with Crippen molar-refractivity contribution in [2.45, 2.75) is 32.9 Å². The number of sulfonamides is 1. The number of nitrogens with two attached hydrogens (primary N) is 1. The Morgan fingerprint density at radius 3 is 2.35 bits per heavy atom. The van der Waals surface area contributed by atoms with Gasteiger partial charge in [-0.1, -0.05) is 24.3 Å². The fourth-order valence-electron chi connectivity index (χ4n) is 1.65. The summed E-state index contributed by atoms with van der Waals surface area (Å²) >= 11 is 0. The Bertz CT molecular complexity index is 484. The molecule has 20 heavy (non-hydrogen) atoms. The summed E-state index contributed by atoms with van der Waals surface area (Å²) in [5.41, 5.74) is 7.57. The first-order valence-electron chi connectivity index (χ1n) is 6.80. The number of rotatable bonds is 9. The van der Waals surface area contributed by atoms with Crippen LogP contribution in [0.1, 0.15) is 25.0 Å². The highest BCUT2D eigenvalue weighted by Gasteiger charge is 2.10. The lowest BCUT2D eigenvalue weighted by atomic mass is 10.1. The predicted octanol–water partition coefficient (Wildman–Crippen LogP) is 1.03. The molecule has 0 saturated heterocycles. The summed E-state index contributed by atoms with van der Waals surface area (Å²) in [6, 6.07) is 7.77. The summed E-state index contributed by atoms with van der Waals surface area (Å²) in [4.78, 5) is 0. The van der Waals surface area contributed by atoms with Crippen molar-refractivity contribution in [3.05, 3.63) is 35.4 Å². The molecule has 0 aliphatic heterocycles. The van der Waals surface area contributed by atoms with Crippen molar-refractivity contribution in [2.75, 3.05) is 18.9 Å². The van der Waals surface area contributed by atoms with Crippen LogP contribution >= 0.6 is 0 Å². The molecule has 1 rings (SSSR count). The van der Waals surface area contributed by atoms with E-state index >= 15 is 0 Å². The third-order valence-corrected chi connectivity index (χ3v) is 4.04. The first-order chi connectivity index (χ1) is 9.43. The molecule has 0 unspecified atom stereocenters. The average molecular weight is 300 g/mol. The Labute approximate surface area is 121 Å². The van der Waals surface area contributed by atoms with Crippen molar-refractivity contribution >= 4 is 10.0 Å². The standard InChI is InChI=1S/C14H24N2O3S/c1-12(2)19-9-10-20(17,18)16-11-14-5-3-13(4-6-14)7-8-15/h3-6,12,16H,7-11,15H2,1-2H3. The third kappa shape index (κ3) is 7.00. The number of hydrogen-bond acceptors (Lipinski definition) is 4. The first-order valence-corrected chi connectivity index (χ1v) is 8.45. The SMILES string of the molecule is CC(C)OCCS(=O)(=O)NCc1ccc(CCN)cc1. The van der Waals surface area contributed by atoms with E-state index in [4.69, 9.17) is 10.5 Å². The summed E-state index contributed by atoms with van der Waals surface area (Å²) < 4.78 is 31.3. The Kier molecular flexibility index (Phi) is 7.15. The quantitative estimate of drug-likeness (QED) is 0.714. The molecule has 3 N–H and O–H groups in total. The van der Waals surface area contributed by atoms with Crippen LogP contribution in [0.15, 0.2) is 24.3 Å². The molecule has 6 heteroatoms. The van der Waals surface area contributed by atoms with E-state index in [1.54, 1.807) is 0 Å². The maximum Gasteiger partial charge on any atom is 0.214 e. The smallest absolute Gasteiger partial charge is 0.214 e. The number of ether oxygens (including phenoxy) is 1. The van der Waals surface area contributed by atoms with Crippen molar-refractivity contribution in [2.24, 2.45) is 5.73 Å². The molecule has 0 fully saturated rings. The van der Waals surface area contributed by atoms with Crippen LogP contribution in [0.5, 0.6) is 0 Å². The first kappa shape index (κ1) is 17.1. The van der Waals surface area contributed by atoms with Crippen molar-refractivity contribution in [1.82, 2.24) is 4.72 Å². The maximum absolute atomic E-state index is 11.7. The summed E-state index contributed by atoms with van der Waals surface area (Å²) in [5, 5.41) is 0. The Morgan fingerprint density at radius 2 is 1.80 bits per heavy atom. The molecule has 0 spiro atoms. The molecule has 114 valence electrons. The fourth-order valence-corrected chi connectivity index (χ4v) is 2.50. The monoisotopic (exact) mass is 300 g/mol. The van der Waals surface area contributed by atoms with Gasteiger partial charge in [-0.05, 0) is 37.9 Å². The number of nitrogens with one attached hydrogen (secondary N) is 1. The van der Waals surface area contributed by atoms with Gasteiger partial charge in [-0.2, -0.15) is 0 Å². The van der Waals surface area contributed by atoms with Gasteiger partial charge in [-0.3, -0.25) is 0 Å². The van der Waals surface area contributed by atoms with Crippen molar-refractivity contribution in [3.8, 4) is 0 Å². The minimum Gasteiger partial charge on any atom is -0.378 e. The summed E-state index contributed by atoms with van der Waals surface area (Å²) in [6.45, 7) is 4.88. The maximum atomic E-state index is 11.7. The van der Waals surface area contributed by atoms with Gasteiger partial charge in [0.1, 0.15) is 0 Å². The minimum atomic E-state index is -3.29. The van der Waals surface area contributed by atoms with E-state index in [0.29, 0.717) is 13.1 Å². The second-order valence-corrected chi connectivity index (χ2v) is 6.84. The van der Waals surface area contributed by atoms with Gasteiger partial charge in [0, 0.05) is 6.54 Å². The average Bonchev–Trinajstić information content (AvgIpc) is 2.38. The predicted molar refractivity (Wildman–Crippen MR) is 80.9 cm³/mol. The molecule has 0 aromatic heterocycles. The van der Waals surface area contributed by atoms with Crippen molar-refractivity contribution in [1.29, 1.82) is 0 Å². The van der Waals surface area contributed by atoms with Gasteiger partial charge in [0.05, 0.1) is 18.5 Å². The second kappa shape index (κ2) is 8.36. The molecule has 0 aliphatic rings. The van der Waals surface area contributed by atoms with Gasteiger partial charge in [0.2, 0.25) is 10.0 Å². The molecule has 0 aliphatic carbocycles. The molecule has 0 radical (unpaired) electrons. The lowest BCUT2D eigenvalue weighted by molar-refractivity contribution is 0.0911. The Hall–Kier alpha value is -0.950. The summed E-state index contributed by atoms with van der Waals surface area (Å²) in [6.07, 6.45) is 0.874. The summed E-state index contributed by atoms with van der Waals surface area (Å²) in [7, 11) is -3.29. The Morgan fingerprint density at radius 1 is 1.20 bits per heavy atom. The summed E-state index contributed by atoms with van der Waals surface area (Å²) in [5.74, 6) is -0.0174. The van der Waals surface area contributed by atoms with Gasteiger partial charge < -0.3 is 10.5 Å². The number of hydrogen-bond donors (Lipinski definition) is 2. The van der Waals surface area contributed by atoms with Crippen molar-refractivity contribution < 1.29 is 13.2 Å². The minimum absolute atomic E-state index is 0.0174. The second-order valence-electron chi connectivity index (χ2n) is 4.91. The normalized spacial score (nSPS) is 12.0. The highest BCUT2D eigenvalue weighted by Crippen LogP contribution is 2.05. The molecule has 1 aromatic carbocycles. The van der Waals surface area contributed by atoms with Crippen LogP contribution in [0.3, 0.4) is 0 Å². The molecule has 1 aromatic rings. The number of benzene rings is 1. The third-order valence-electron chi connectivity index (χ3n) is 2.76. The van der Waals surface area contributed by atoms with Gasteiger partial charge in [0.15, 0.2) is 0 Å². The largest absolute Gasteiger partial charge is 0.378 e. The van der Waals surface area contributed by atoms with Crippen LogP contribution < -0.4 is 10.5 Å². The molecule has 5 nitrogen and oxygen atoms in total. The Balaban J connectivity index is 2.41. The van der Waals surface area contributed by atoms with Gasteiger partial charge >= 0.3 is 0 Å². The molecule has 0 heterocycles. The lowest BCUT2D eigenvalue weighted by Gasteiger charge is -2.09. The van der Waals surface area contributed by atoms with Crippen LogP contribution in [-0.4, -0.2) is 33.4 Å². The zero-order valence-corrected chi connectivity index (χ0v) is 12.9. The van der Waals surface area contributed by atoms with Crippen LogP contribution in [0.2, 0.25) is 0 Å². The lowest BCUT2D eigenvalue weighted by Crippen LogP contribution is -2.28. The van der Waals surface area contributed by atoms with E-state index in [9.17, 15) is 8.42 Å². The topological polar surface area (TPSA) is 81.4 Å². The molecule has 0 amide bonds. The zero-order chi connectivity index (χ0) is 15.0. The zero-order valence-electron chi connectivity index (χ0n) is 12.1. The molecular weight excluding hydrogens is 276 g/mol. The molecule has 0 saturated carbocycles. The molecular formula is C14H24N2O3S. The van der Waals surface area contributed by atoms with E-state index in [2.05, 4.69) is 4.72 Å². The molecule has 0 bridgehead atoms. The van der Waals surface area contributed by atoms with Gasteiger partial charge in [0.25, 0.3) is 0 Å². The van der Waals surface area contributed by atoms with E-state index in [0.717, 1.165) is 17.5 Å². The van der Waals surface area contributed by atoms with E-state index in [-0.39, 0.29) is 18.5 Å². The fraction of sp³-hybridized carbons (Fsp3) is 0.571. The van der Waals surface area contributed by atoms with Crippen molar-refractivity contribution in [3.63, 3.8) is 0 Å². The highest BCUT2D eigenvalue weighted by atomic mass is 32.2. The van der Waals surface area contributed by atoms with Crippen LogP contribution in [0.4, 0.5) is 0 Å². The van der Waals surface area contributed by atoms with Gasteiger partial charge in [-0.25, -0.2) is 13.1 Å². The van der Waals surface area contributed by atoms with E-state index < -0.39 is 10.0 Å². The van der Waals surface area contributed by atoms with E-state index in [1.807, 2.05) is 38.1 Å². The molecule has 0 atom stereocenters. The van der Waals surface area contributed by atoms with Crippen LogP contribution in [0.25, 0.3) is 0 Å². The van der Waals surface area contributed by atoms with Crippen LogP contribution in [-0.2, 0) is 27.7 Å².